The summed E-state index contributed by atoms with van der Waals surface area (Å²) in [4.78, 5) is 0. The molecule has 3 N–H and O–H groups in total. The summed E-state index contributed by atoms with van der Waals surface area (Å²) in [5.74, 6) is 0.902. The van der Waals surface area contributed by atoms with Gasteiger partial charge in [0.05, 0.1) is 0 Å². The summed E-state index contributed by atoms with van der Waals surface area (Å²) in [6.07, 6.45) is 10.7. The number of nitrogens with two attached hydrogens (primary N) is 1. The molecule has 0 aromatic heterocycles. The Morgan fingerprint density at radius 2 is 1.71 bits per heavy atom. The minimum absolute atomic E-state index is 0.209. The highest BCUT2D eigenvalue weighted by atomic mass is 14.9. The number of hydrogen-bond acceptors (Lipinski definition) is 2. The molecule has 82 valence electrons. The summed E-state index contributed by atoms with van der Waals surface area (Å²) in [5.41, 5.74) is 6.68. The standard InChI is InChI=1S/C12H24N2/c13-12(6-2-1-3-7-12)10-11-4-8-14-9-5-11/h11,14H,1-10,13H2. The molecule has 2 nitrogen and oxygen atoms in total. The molecule has 0 spiro atoms. The third kappa shape index (κ3) is 2.71. The molecule has 0 bridgehead atoms. The lowest BCUT2D eigenvalue weighted by Crippen LogP contribution is -2.44. The van der Waals surface area contributed by atoms with E-state index in [1.54, 1.807) is 0 Å². The van der Waals surface area contributed by atoms with Gasteiger partial charge in [-0.3, -0.25) is 0 Å². The fourth-order valence-corrected chi connectivity index (χ4v) is 3.12. The van der Waals surface area contributed by atoms with Gasteiger partial charge in [0.1, 0.15) is 0 Å². The van der Waals surface area contributed by atoms with E-state index in [0.29, 0.717) is 0 Å². The van der Waals surface area contributed by atoms with Gasteiger partial charge < -0.3 is 11.1 Å². The van der Waals surface area contributed by atoms with Gasteiger partial charge in [-0.15, -0.1) is 0 Å². The largest absolute Gasteiger partial charge is 0.325 e. The quantitative estimate of drug-likeness (QED) is 0.709. The van der Waals surface area contributed by atoms with E-state index in [9.17, 15) is 0 Å². The van der Waals surface area contributed by atoms with E-state index in [1.807, 2.05) is 0 Å². The third-order valence-corrected chi connectivity index (χ3v) is 4.00. The van der Waals surface area contributed by atoms with Crippen LogP contribution in [0.15, 0.2) is 0 Å². The van der Waals surface area contributed by atoms with E-state index in [4.69, 9.17) is 5.73 Å². The van der Waals surface area contributed by atoms with Gasteiger partial charge in [0, 0.05) is 5.54 Å². The molecule has 0 radical (unpaired) electrons. The minimum atomic E-state index is 0.209. The van der Waals surface area contributed by atoms with Crippen LogP contribution in [0, 0.1) is 5.92 Å². The van der Waals surface area contributed by atoms with Crippen molar-refractivity contribution in [2.45, 2.75) is 56.9 Å². The van der Waals surface area contributed by atoms with Crippen molar-refractivity contribution in [2.75, 3.05) is 13.1 Å². The summed E-state index contributed by atoms with van der Waals surface area (Å²) in [6, 6.07) is 0. The van der Waals surface area contributed by atoms with Gasteiger partial charge in [0.15, 0.2) is 0 Å². The molecule has 0 aromatic carbocycles. The van der Waals surface area contributed by atoms with Gasteiger partial charge in [0.25, 0.3) is 0 Å². The van der Waals surface area contributed by atoms with Crippen LogP contribution in [0.3, 0.4) is 0 Å². The second-order valence-electron chi connectivity index (χ2n) is 5.32. The molecule has 14 heavy (non-hydrogen) atoms. The lowest BCUT2D eigenvalue weighted by atomic mass is 9.75. The molecule has 1 heterocycles. The average molecular weight is 196 g/mol. The summed E-state index contributed by atoms with van der Waals surface area (Å²) in [6.45, 7) is 2.42. The van der Waals surface area contributed by atoms with Crippen LogP contribution in [0.25, 0.3) is 0 Å². The maximum Gasteiger partial charge on any atom is 0.0157 e. The van der Waals surface area contributed by atoms with Crippen molar-refractivity contribution >= 4 is 0 Å². The Morgan fingerprint density at radius 1 is 1.07 bits per heavy atom. The van der Waals surface area contributed by atoms with Crippen LogP contribution in [0.2, 0.25) is 0 Å². The summed E-state index contributed by atoms with van der Waals surface area (Å²) < 4.78 is 0. The zero-order valence-electron chi connectivity index (χ0n) is 9.23. The highest BCUT2D eigenvalue weighted by Crippen LogP contribution is 2.33. The Kier molecular flexibility index (Phi) is 3.45. The summed E-state index contributed by atoms with van der Waals surface area (Å²) in [7, 11) is 0. The normalized spacial score (nSPS) is 28.9. The van der Waals surface area contributed by atoms with Crippen LogP contribution < -0.4 is 11.1 Å². The molecule has 1 saturated carbocycles. The van der Waals surface area contributed by atoms with E-state index >= 15 is 0 Å². The van der Waals surface area contributed by atoms with E-state index < -0.39 is 0 Å². The minimum Gasteiger partial charge on any atom is -0.325 e. The fourth-order valence-electron chi connectivity index (χ4n) is 3.12. The van der Waals surface area contributed by atoms with Crippen molar-refractivity contribution in [3.05, 3.63) is 0 Å². The van der Waals surface area contributed by atoms with Gasteiger partial charge >= 0.3 is 0 Å². The predicted molar refractivity (Wildman–Crippen MR) is 60.2 cm³/mol. The Bertz CT molecular complexity index is 167. The maximum absolute atomic E-state index is 6.47. The first-order chi connectivity index (χ1) is 6.79. The Morgan fingerprint density at radius 3 is 2.36 bits per heavy atom. The van der Waals surface area contributed by atoms with Crippen LogP contribution in [0.5, 0.6) is 0 Å². The van der Waals surface area contributed by atoms with Crippen LogP contribution in [0.4, 0.5) is 0 Å². The monoisotopic (exact) mass is 196 g/mol. The van der Waals surface area contributed by atoms with Gasteiger partial charge in [-0.1, -0.05) is 19.3 Å². The molecule has 1 saturated heterocycles. The highest BCUT2D eigenvalue weighted by Gasteiger charge is 2.30. The molecule has 2 fully saturated rings. The topological polar surface area (TPSA) is 38.0 Å². The zero-order chi connectivity index (χ0) is 9.86. The number of piperidine rings is 1. The Balaban J connectivity index is 1.81. The lowest BCUT2D eigenvalue weighted by molar-refractivity contribution is 0.212. The number of hydrogen-bond donors (Lipinski definition) is 2. The highest BCUT2D eigenvalue weighted by molar-refractivity contribution is 4.90. The molecule has 2 rings (SSSR count). The third-order valence-electron chi connectivity index (χ3n) is 4.00. The van der Waals surface area contributed by atoms with Gasteiger partial charge in [-0.05, 0) is 51.1 Å². The molecule has 0 atom stereocenters. The molecule has 1 aliphatic heterocycles. The van der Waals surface area contributed by atoms with Gasteiger partial charge in [0.2, 0.25) is 0 Å². The first kappa shape index (κ1) is 10.4. The van der Waals surface area contributed by atoms with E-state index in [0.717, 1.165) is 5.92 Å². The van der Waals surface area contributed by atoms with Crippen LogP contribution in [-0.2, 0) is 0 Å². The van der Waals surface area contributed by atoms with Crippen molar-refractivity contribution in [2.24, 2.45) is 11.7 Å². The molecule has 2 aliphatic rings. The van der Waals surface area contributed by atoms with Crippen LogP contribution >= 0.6 is 0 Å². The second kappa shape index (κ2) is 4.63. The van der Waals surface area contributed by atoms with Crippen molar-refractivity contribution in [1.82, 2.24) is 5.32 Å². The van der Waals surface area contributed by atoms with Crippen molar-refractivity contribution < 1.29 is 0 Å². The zero-order valence-corrected chi connectivity index (χ0v) is 9.23. The maximum atomic E-state index is 6.47. The molecule has 0 amide bonds. The van der Waals surface area contributed by atoms with Crippen molar-refractivity contribution in [3.63, 3.8) is 0 Å². The summed E-state index contributed by atoms with van der Waals surface area (Å²) in [5, 5.41) is 3.42. The first-order valence-electron chi connectivity index (χ1n) is 6.28. The average Bonchev–Trinajstić information content (AvgIpc) is 2.19. The molecule has 1 aliphatic carbocycles. The second-order valence-corrected chi connectivity index (χ2v) is 5.32. The van der Waals surface area contributed by atoms with Crippen LogP contribution in [0.1, 0.15) is 51.4 Å². The summed E-state index contributed by atoms with van der Waals surface area (Å²) >= 11 is 0. The molecular weight excluding hydrogens is 172 g/mol. The molecule has 0 unspecified atom stereocenters. The lowest BCUT2D eigenvalue weighted by Gasteiger charge is -2.37. The van der Waals surface area contributed by atoms with E-state index in [2.05, 4.69) is 5.32 Å². The molecule has 2 heteroatoms. The SMILES string of the molecule is NC1(CC2CCNCC2)CCCCC1. The first-order valence-corrected chi connectivity index (χ1v) is 6.28. The van der Waals surface area contributed by atoms with E-state index in [1.165, 1.54) is 64.5 Å². The van der Waals surface area contributed by atoms with Gasteiger partial charge in [-0.25, -0.2) is 0 Å². The smallest absolute Gasteiger partial charge is 0.0157 e. The fraction of sp³-hybridized carbons (Fsp3) is 1.00. The Labute approximate surface area is 87.6 Å². The van der Waals surface area contributed by atoms with Crippen LogP contribution in [-0.4, -0.2) is 18.6 Å². The predicted octanol–water partition coefficient (Wildman–Crippen LogP) is 2.04. The van der Waals surface area contributed by atoms with Crippen molar-refractivity contribution in [1.29, 1.82) is 0 Å². The van der Waals surface area contributed by atoms with E-state index in [-0.39, 0.29) is 5.54 Å². The number of rotatable bonds is 2. The van der Waals surface area contributed by atoms with Gasteiger partial charge in [-0.2, -0.15) is 0 Å². The van der Waals surface area contributed by atoms with Crippen molar-refractivity contribution in [3.8, 4) is 0 Å². The number of nitrogens with one attached hydrogen (secondary N) is 1. The molecular formula is C12H24N2. The Hall–Kier alpha value is -0.0800. The molecule has 0 aromatic rings.